The number of benzene rings is 1. The van der Waals surface area contributed by atoms with Crippen molar-refractivity contribution < 1.29 is 19.0 Å². The fraction of sp³-hybridized carbons (Fsp3) is 0.478. The van der Waals surface area contributed by atoms with Crippen molar-refractivity contribution in [2.75, 3.05) is 69.0 Å². The highest BCUT2D eigenvalue weighted by Gasteiger charge is 2.28. The Kier molecular flexibility index (Phi) is 6.36. The molecule has 0 saturated carbocycles. The molecule has 0 aliphatic carbocycles. The van der Waals surface area contributed by atoms with E-state index in [1.807, 2.05) is 35.8 Å². The second-order valence-electron chi connectivity index (χ2n) is 7.93. The van der Waals surface area contributed by atoms with Crippen LogP contribution in [0.15, 0.2) is 30.6 Å². The van der Waals surface area contributed by atoms with Crippen molar-refractivity contribution in [2.24, 2.45) is 0 Å². The topological polar surface area (TPSA) is 94.8 Å². The Morgan fingerprint density at radius 1 is 0.970 bits per heavy atom. The highest BCUT2D eigenvalue weighted by molar-refractivity contribution is 5.80. The van der Waals surface area contributed by atoms with Gasteiger partial charge in [-0.2, -0.15) is 9.97 Å². The van der Waals surface area contributed by atoms with Gasteiger partial charge in [0.15, 0.2) is 0 Å². The van der Waals surface area contributed by atoms with Gasteiger partial charge in [-0.3, -0.25) is 9.36 Å². The summed E-state index contributed by atoms with van der Waals surface area (Å²) in [7, 11) is 0. The third kappa shape index (κ3) is 4.49. The lowest BCUT2D eigenvalue weighted by Gasteiger charge is -2.34. The first-order chi connectivity index (χ1) is 16.2. The highest BCUT2D eigenvalue weighted by Crippen LogP contribution is 2.31. The van der Waals surface area contributed by atoms with Crippen LogP contribution in [0, 0.1) is 0 Å². The molecule has 174 valence electrons. The lowest BCUT2D eigenvalue weighted by Crippen LogP contribution is -2.40. The van der Waals surface area contributed by atoms with E-state index in [-0.39, 0.29) is 12.4 Å². The number of anilines is 2. The maximum Gasteiger partial charge on any atom is 0.310 e. The number of fused-ring (bicyclic) bond motifs is 1. The summed E-state index contributed by atoms with van der Waals surface area (Å²) in [5.41, 5.74) is 2.58. The van der Waals surface area contributed by atoms with Gasteiger partial charge in [0.05, 0.1) is 50.5 Å². The van der Waals surface area contributed by atoms with Crippen LogP contribution in [-0.4, -0.2) is 84.7 Å². The fourth-order valence-corrected chi connectivity index (χ4v) is 4.26. The van der Waals surface area contributed by atoms with Gasteiger partial charge in [-0.25, -0.2) is 4.98 Å². The van der Waals surface area contributed by atoms with Gasteiger partial charge in [-0.1, -0.05) is 12.1 Å². The molecule has 2 aromatic heterocycles. The fourth-order valence-electron chi connectivity index (χ4n) is 4.26. The molecule has 2 aliphatic heterocycles. The SMILES string of the molecule is CCOC(=O)Cc1c(N2CCOCC2)nc(-n2cnc3ccccc32)nc1N1CCOCC1. The molecule has 5 rings (SSSR count). The molecule has 0 bridgehead atoms. The summed E-state index contributed by atoms with van der Waals surface area (Å²) < 4.78 is 18.3. The number of ether oxygens (including phenoxy) is 3. The number of morpholine rings is 2. The van der Waals surface area contributed by atoms with Gasteiger partial charge in [0.1, 0.15) is 18.0 Å². The van der Waals surface area contributed by atoms with Crippen LogP contribution in [0.1, 0.15) is 12.5 Å². The lowest BCUT2D eigenvalue weighted by atomic mass is 10.1. The van der Waals surface area contributed by atoms with E-state index in [1.54, 1.807) is 6.33 Å². The van der Waals surface area contributed by atoms with Crippen LogP contribution in [0.4, 0.5) is 11.6 Å². The Morgan fingerprint density at radius 2 is 1.58 bits per heavy atom. The number of carbonyl (C=O) groups is 1. The first-order valence-corrected chi connectivity index (χ1v) is 11.4. The Balaban J connectivity index is 1.67. The Bertz CT molecular complexity index is 1080. The third-order valence-electron chi connectivity index (χ3n) is 5.87. The summed E-state index contributed by atoms with van der Waals surface area (Å²) in [6, 6.07) is 7.90. The predicted molar refractivity (Wildman–Crippen MR) is 123 cm³/mol. The normalized spacial score (nSPS) is 16.9. The van der Waals surface area contributed by atoms with Gasteiger partial charge >= 0.3 is 5.97 Å². The smallest absolute Gasteiger partial charge is 0.310 e. The van der Waals surface area contributed by atoms with E-state index < -0.39 is 0 Å². The summed E-state index contributed by atoms with van der Waals surface area (Å²) in [6.45, 7) is 7.36. The van der Waals surface area contributed by atoms with Crippen LogP contribution in [0.5, 0.6) is 0 Å². The lowest BCUT2D eigenvalue weighted by molar-refractivity contribution is -0.142. The summed E-state index contributed by atoms with van der Waals surface area (Å²) in [5, 5.41) is 0. The van der Waals surface area contributed by atoms with Crippen molar-refractivity contribution in [1.29, 1.82) is 0 Å². The zero-order chi connectivity index (χ0) is 22.6. The molecule has 0 amide bonds. The van der Waals surface area contributed by atoms with E-state index in [4.69, 9.17) is 24.2 Å². The maximum absolute atomic E-state index is 12.6. The average molecular weight is 453 g/mol. The van der Waals surface area contributed by atoms with Gasteiger partial charge in [0.2, 0.25) is 5.95 Å². The molecule has 2 saturated heterocycles. The molecule has 1 aromatic carbocycles. The van der Waals surface area contributed by atoms with Gasteiger partial charge in [-0.15, -0.1) is 0 Å². The van der Waals surface area contributed by atoms with Gasteiger partial charge in [0.25, 0.3) is 0 Å². The average Bonchev–Trinajstić information content (AvgIpc) is 3.30. The van der Waals surface area contributed by atoms with Crippen LogP contribution < -0.4 is 9.80 Å². The zero-order valence-corrected chi connectivity index (χ0v) is 18.8. The Hall–Kier alpha value is -3.24. The molecule has 10 nitrogen and oxygen atoms in total. The van der Waals surface area contributed by atoms with Crippen LogP contribution in [0.2, 0.25) is 0 Å². The van der Waals surface area contributed by atoms with Gasteiger partial charge < -0.3 is 24.0 Å². The zero-order valence-electron chi connectivity index (χ0n) is 18.8. The molecule has 2 aliphatic rings. The minimum absolute atomic E-state index is 0.109. The Labute approximate surface area is 192 Å². The first kappa shape index (κ1) is 21.6. The van der Waals surface area contributed by atoms with Crippen molar-refractivity contribution in [2.45, 2.75) is 13.3 Å². The van der Waals surface area contributed by atoms with E-state index in [9.17, 15) is 4.79 Å². The van der Waals surface area contributed by atoms with Crippen molar-refractivity contribution in [3.63, 3.8) is 0 Å². The highest BCUT2D eigenvalue weighted by atomic mass is 16.5. The van der Waals surface area contributed by atoms with Gasteiger partial charge in [-0.05, 0) is 19.1 Å². The summed E-state index contributed by atoms with van der Waals surface area (Å²) in [5.74, 6) is 1.73. The number of hydrogen-bond donors (Lipinski definition) is 0. The van der Waals surface area contributed by atoms with Crippen molar-refractivity contribution in [1.82, 2.24) is 19.5 Å². The number of aromatic nitrogens is 4. The number of esters is 1. The predicted octanol–water partition coefficient (Wildman–Crippen LogP) is 1.59. The van der Waals surface area contributed by atoms with E-state index in [2.05, 4.69) is 14.8 Å². The Morgan fingerprint density at radius 3 is 2.18 bits per heavy atom. The summed E-state index contributed by atoms with van der Waals surface area (Å²) in [6.07, 6.45) is 1.86. The van der Waals surface area contributed by atoms with Gasteiger partial charge in [0, 0.05) is 31.7 Å². The molecule has 0 radical (unpaired) electrons. The summed E-state index contributed by atoms with van der Waals surface area (Å²) in [4.78, 5) is 31.4. The molecule has 2 fully saturated rings. The number of rotatable bonds is 6. The second-order valence-corrected chi connectivity index (χ2v) is 7.93. The van der Waals surface area contributed by atoms with Crippen LogP contribution in [-0.2, 0) is 25.4 Å². The van der Waals surface area contributed by atoms with E-state index >= 15 is 0 Å². The molecule has 0 spiro atoms. The quantitative estimate of drug-likeness (QED) is 0.517. The molecule has 4 heterocycles. The third-order valence-corrected chi connectivity index (χ3v) is 5.87. The minimum Gasteiger partial charge on any atom is -0.466 e. The molecular formula is C23H28N6O4. The van der Waals surface area contributed by atoms with Crippen LogP contribution >= 0.6 is 0 Å². The summed E-state index contributed by atoms with van der Waals surface area (Å²) >= 11 is 0. The molecule has 33 heavy (non-hydrogen) atoms. The van der Waals surface area contributed by atoms with E-state index in [0.717, 1.165) is 28.2 Å². The van der Waals surface area contributed by atoms with E-state index in [0.29, 0.717) is 65.2 Å². The maximum atomic E-state index is 12.6. The van der Waals surface area contributed by atoms with E-state index in [1.165, 1.54) is 0 Å². The molecular weight excluding hydrogens is 424 g/mol. The molecule has 0 unspecified atom stereocenters. The van der Waals surface area contributed by atoms with Crippen LogP contribution in [0.25, 0.3) is 17.0 Å². The van der Waals surface area contributed by atoms with Crippen molar-refractivity contribution in [3.05, 3.63) is 36.2 Å². The molecule has 0 atom stereocenters. The minimum atomic E-state index is -0.286. The van der Waals surface area contributed by atoms with Crippen molar-refractivity contribution >= 4 is 28.6 Å². The molecule has 10 heteroatoms. The number of imidazole rings is 1. The molecule has 0 N–H and O–H groups in total. The number of nitrogens with zero attached hydrogens (tertiary/aromatic N) is 6. The standard InChI is InChI=1S/C23H28N6O4/c1-2-33-20(30)15-17-21(27-7-11-31-12-8-27)25-23(26-22(17)28-9-13-32-14-10-28)29-16-24-18-5-3-4-6-19(18)29/h3-6,16H,2,7-15H2,1H3. The van der Waals surface area contributed by atoms with Crippen molar-refractivity contribution in [3.8, 4) is 5.95 Å². The monoisotopic (exact) mass is 452 g/mol. The number of carbonyl (C=O) groups excluding carboxylic acids is 1. The van der Waals surface area contributed by atoms with Crippen LogP contribution in [0.3, 0.4) is 0 Å². The largest absolute Gasteiger partial charge is 0.466 e. The second kappa shape index (κ2) is 9.72. The molecule has 3 aromatic rings. The number of para-hydroxylation sites is 2. The number of hydrogen-bond acceptors (Lipinski definition) is 9. The first-order valence-electron chi connectivity index (χ1n) is 11.4.